The number of hydrogen-bond acceptors (Lipinski definition) is 3. The van der Waals surface area contributed by atoms with E-state index in [1.165, 1.54) is 5.56 Å². The number of aromatic carboxylic acids is 1. The first-order chi connectivity index (χ1) is 13.5. The summed E-state index contributed by atoms with van der Waals surface area (Å²) >= 11 is 0. The molecule has 3 aromatic carbocycles. The molecule has 0 aliphatic heterocycles. The summed E-state index contributed by atoms with van der Waals surface area (Å²) < 4.78 is 5.92. The van der Waals surface area contributed by atoms with Gasteiger partial charge in [0, 0.05) is 11.8 Å². The van der Waals surface area contributed by atoms with Crippen molar-refractivity contribution in [1.82, 2.24) is 0 Å². The highest BCUT2D eigenvalue weighted by atomic mass is 16.5. The monoisotopic (exact) mass is 373 g/mol. The first kappa shape index (κ1) is 19.4. The summed E-state index contributed by atoms with van der Waals surface area (Å²) in [7, 11) is 0. The van der Waals surface area contributed by atoms with Gasteiger partial charge in [-0.1, -0.05) is 50.2 Å². The van der Waals surface area contributed by atoms with Crippen molar-refractivity contribution in [2.75, 3.05) is 0 Å². The van der Waals surface area contributed by atoms with Crippen LogP contribution in [0.4, 0.5) is 5.69 Å². The third kappa shape index (κ3) is 5.07. The van der Waals surface area contributed by atoms with Crippen molar-refractivity contribution in [3.63, 3.8) is 0 Å². The molecule has 3 aromatic rings. The molecule has 1 N–H and O–H groups in total. The van der Waals surface area contributed by atoms with Crippen molar-refractivity contribution < 1.29 is 14.6 Å². The molecule has 0 spiro atoms. The second kappa shape index (κ2) is 9.00. The molecule has 0 amide bonds. The molecule has 0 fully saturated rings. The van der Waals surface area contributed by atoms with Crippen LogP contribution < -0.4 is 4.74 Å². The Hall–Kier alpha value is -3.40. The molecular weight excluding hydrogens is 350 g/mol. The molecule has 0 radical (unpaired) electrons. The Kier molecular flexibility index (Phi) is 6.22. The van der Waals surface area contributed by atoms with Gasteiger partial charge in [-0.25, -0.2) is 4.79 Å². The van der Waals surface area contributed by atoms with Crippen molar-refractivity contribution in [1.29, 1.82) is 0 Å². The van der Waals surface area contributed by atoms with Crippen LogP contribution in [-0.2, 0) is 6.61 Å². The van der Waals surface area contributed by atoms with Gasteiger partial charge in [0.1, 0.15) is 12.4 Å². The number of para-hydroxylation sites is 1. The number of rotatable bonds is 7. The van der Waals surface area contributed by atoms with E-state index in [1.54, 1.807) is 30.5 Å². The number of benzene rings is 3. The van der Waals surface area contributed by atoms with Crippen LogP contribution in [0.1, 0.15) is 46.8 Å². The van der Waals surface area contributed by atoms with Gasteiger partial charge in [-0.15, -0.1) is 0 Å². The summed E-state index contributed by atoms with van der Waals surface area (Å²) in [4.78, 5) is 15.5. The van der Waals surface area contributed by atoms with E-state index in [0.717, 1.165) is 22.6 Å². The van der Waals surface area contributed by atoms with E-state index in [9.17, 15) is 4.79 Å². The molecule has 4 heteroatoms. The second-order valence-corrected chi connectivity index (χ2v) is 6.83. The minimum Gasteiger partial charge on any atom is -0.488 e. The van der Waals surface area contributed by atoms with E-state index < -0.39 is 5.97 Å². The molecule has 0 aliphatic carbocycles. The largest absolute Gasteiger partial charge is 0.488 e. The summed E-state index contributed by atoms with van der Waals surface area (Å²) in [5.41, 5.74) is 4.23. The molecule has 28 heavy (non-hydrogen) atoms. The number of ether oxygens (including phenoxy) is 1. The molecule has 0 aromatic heterocycles. The quantitative estimate of drug-likeness (QED) is 0.529. The van der Waals surface area contributed by atoms with E-state index in [1.807, 2.05) is 36.4 Å². The minimum atomic E-state index is -0.935. The second-order valence-electron chi connectivity index (χ2n) is 6.83. The molecule has 0 bridgehead atoms. The van der Waals surface area contributed by atoms with Gasteiger partial charge in [-0.3, -0.25) is 4.99 Å². The third-order valence-corrected chi connectivity index (χ3v) is 4.43. The van der Waals surface area contributed by atoms with Crippen LogP contribution in [0.2, 0.25) is 0 Å². The highest BCUT2D eigenvalue weighted by Gasteiger charge is 2.04. The predicted octanol–water partition coefficient (Wildman–Crippen LogP) is 5.84. The van der Waals surface area contributed by atoms with Gasteiger partial charge in [0.25, 0.3) is 0 Å². The molecule has 0 heterocycles. The highest BCUT2D eigenvalue weighted by Crippen LogP contribution is 2.21. The number of nitrogens with zero attached hydrogens (tertiary/aromatic N) is 1. The van der Waals surface area contributed by atoms with Gasteiger partial charge < -0.3 is 9.84 Å². The Bertz CT molecular complexity index is 958. The van der Waals surface area contributed by atoms with Crippen molar-refractivity contribution in [3.05, 3.63) is 95.1 Å². The van der Waals surface area contributed by atoms with Crippen molar-refractivity contribution in [3.8, 4) is 5.75 Å². The zero-order chi connectivity index (χ0) is 19.9. The lowest BCUT2D eigenvalue weighted by molar-refractivity contribution is 0.0697. The maximum absolute atomic E-state index is 10.9. The van der Waals surface area contributed by atoms with Gasteiger partial charge in [-0.2, -0.15) is 0 Å². The minimum absolute atomic E-state index is 0.264. The van der Waals surface area contributed by atoms with Crippen molar-refractivity contribution in [2.24, 2.45) is 4.99 Å². The van der Waals surface area contributed by atoms with Crippen LogP contribution in [0.5, 0.6) is 5.75 Å². The fraction of sp³-hybridized carbons (Fsp3) is 0.167. The van der Waals surface area contributed by atoms with Crippen LogP contribution in [-0.4, -0.2) is 17.3 Å². The molecule has 3 rings (SSSR count). The van der Waals surface area contributed by atoms with E-state index >= 15 is 0 Å². The Morgan fingerprint density at radius 1 is 1.00 bits per heavy atom. The smallest absolute Gasteiger partial charge is 0.335 e. The van der Waals surface area contributed by atoms with E-state index in [2.05, 4.69) is 31.0 Å². The predicted molar refractivity (Wildman–Crippen MR) is 112 cm³/mol. The Balaban J connectivity index is 1.69. The SMILES string of the molecule is CC(C)c1ccc(N=Cc2ccccc2OCc2ccc(C(=O)O)cc2)cc1. The van der Waals surface area contributed by atoms with Gasteiger partial charge >= 0.3 is 5.97 Å². The number of aliphatic imine (C=N–C) groups is 1. The van der Waals surface area contributed by atoms with Gasteiger partial charge in [0.05, 0.1) is 11.3 Å². The van der Waals surface area contributed by atoms with Crippen LogP contribution in [0.3, 0.4) is 0 Å². The summed E-state index contributed by atoms with van der Waals surface area (Å²) in [6.07, 6.45) is 1.80. The summed E-state index contributed by atoms with van der Waals surface area (Å²) in [6.45, 7) is 4.69. The molecule has 0 saturated carbocycles. The lowest BCUT2D eigenvalue weighted by atomic mass is 10.0. The van der Waals surface area contributed by atoms with Crippen molar-refractivity contribution in [2.45, 2.75) is 26.4 Å². The third-order valence-electron chi connectivity index (χ3n) is 4.43. The number of carbonyl (C=O) groups is 1. The Labute approximate surface area is 165 Å². The van der Waals surface area contributed by atoms with Crippen molar-refractivity contribution >= 4 is 17.9 Å². The molecule has 0 unspecified atom stereocenters. The zero-order valence-electron chi connectivity index (χ0n) is 16.0. The van der Waals surface area contributed by atoms with Gasteiger partial charge in [0.15, 0.2) is 0 Å². The van der Waals surface area contributed by atoms with E-state index in [4.69, 9.17) is 9.84 Å². The molecule has 0 aliphatic rings. The summed E-state index contributed by atoms with van der Waals surface area (Å²) in [5.74, 6) is 0.291. The molecular formula is C24H23NO3. The molecule has 0 atom stereocenters. The average Bonchev–Trinajstić information content (AvgIpc) is 2.72. The lowest BCUT2D eigenvalue weighted by Crippen LogP contribution is -2.00. The maximum atomic E-state index is 10.9. The van der Waals surface area contributed by atoms with Gasteiger partial charge in [0.2, 0.25) is 0 Å². The topological polar surface area (TPSA) is 58.9 Å². The van der Waals surface area contributed by atoms with E-state index in [-0.39, 0.29) is 5.56 Å². The summed E-state index contributed by atoms with van der Waals surface area (Å²) in [5, 5.41) is 8.97. The molecule has 142 valence electrons. The Morgan fingerprint density at radius 2 is 1.68 bits per heavy atom. The maximum Gasteiger partial charge on any atom is 0.335 e. The number of carboxylic acid groups (broad SMARTS) is 1. The highest BCUT2D eigenvalue weighted by molar-refractivity contribution is 5.87. The van der Waals surface area contributed by atoms with Gasteiger partial charge in [-0.05, 0) is 53.4 Å². The van der Waals surface area contributed by atoms with Crippen LogP contribution >= 0.6 is 0 Å². The molecule has 4 nitrogen and oxygen atoms in total. The normalized spacial score (nSPS) is 11.1. The molecule has 0 saturated heterocycles. The zero-order valence-corrected chi connectivity index (χ0v) is 16.0. The first-order valence-corrected chi connectivity index (χ1v) is 9.21. The fourth-order valence-electron chi connectivity index (χ4n) is 2.71. The first-order valence-electron chi connectivity index (χ1n) is 9.21. The Morgan fingerprint density at radius 3 is 2.32 bits per heavy atom. The number of hydrogen-bond donors (Lipinski definition) is 1. The van der Waals surface area contributed by atoms with Crippen LogP contribution in [0.25, 0.3) is 0 Å². The number of carboxylic acids is 1. The fourth-order valence-corrected chi connectivity index (χ4v) is 2.71. The standard InChI is InChI=1S/C24H23NO3/c1-17(2)19-11-13-22(14-12-19)25-15-21-5-3-4-6-23(21)28-16-18-7-9-20(10-8-18)24(26)27/h3-15,17H,16H2,1-2H3,(H,26,27). The summed E-state index contributed by atoms with van der Waals surface area (Å²) in [6, 6.07) is 22.6. The van der Waals surface area contributed by atoms with E-state index in [0.29, 0.717) is 12.5 Å². The average molecular weight is 373 g/mol. The van der Waals surface area contributed by atoms with Crippen LogP contribution in [0, 0.1) is 0 Å². The lowest BCUT2D eigenvalue weighted by Gasteiger charge is -2.09. The van der Waals surface area contributed by atoms with Crippen LogP contribution in [0.15, 0.2) is 77.8 Å².